The van der Waals surface area contributed by atoms with E-state index in [2.05, 4.69) is 15.9 Å². The molecule has 0 bridgehead atoms. The molecule has 1 N–H and O–H groups in total. The number of aliphatic hydroxyl groups is 1. The van der Waals surface area contributed by atoms with Crippen molar-refractivity contribution in [3.05, 3.63) is 80.5 Å². The van der Waals surface area contributed by atoms with Gasteiger partial charge in [0.1, 0.15) is 5.75 Å². The maximum Gasteiger partial charge on any atom is 0.264 e. The molecule has 2 heterocycles. The number of hydrogen-bond donors (Lipinski definition) is 1. The molecule has 7 heteroatoms. The summed E-state index contributed by atoms with van der Waals surface area (Å²) in [5, 5.41) is 13.4. The summed E-state index contributed by atoms with van der Waals surface area (Å²) in [7, 11) is 1.55. The minimum Gasteiger partial charge on any atom is -0.497 e. The molecule has 4 rings (SSSR count). The number of carbonyl (C=O) groups excluding carboxylic acids is 2. The minimum atomic E-state index is -1.91. The Morgan fingerprint density at radius 2 is 1.97 bits per heavy atom. The van der Waals surface area contributed by atoms with Gasteiger partial charge in [0.15, 0.2) is 11.4 Å². The first-order valence-electron chi connectivity index (χ1n) is 8.96. The number of anilines is 1. The molecule has 0 aliphatic carbocycles. The number of hydrogen-bond acceptors (Lipinski definition) is 5. The molecule has 1 amide bonds. The van der Waals surface area contributed by atoms with Crippen molar-refractivity contribution in [3.8, 4) is 5.75 Å². The molecule has 148 valence electrons. The number of benzene rings is 2. The van der Waals surface area contributed by atoms with Gasteiger partial charge in [-0.05, 0) is 53.9 Å². The number of carbonyl (C=O) groups is 2. The third-order valence-electron chi connectivity index (χ3n) is 5.02. The molecule has 0 fully saturated rings. The number of fused-ring (bicyclic) bond motifs is 1. The third-order valence-corrected chi connectivity index (χ3v) is 6.37. The quantitative estimate of drug-likeness (QED) is 0.536. The van der Waals surface area contributed by atoms with Crippen LogP contribution in [0.3, 0.4) is 0 Å². The Morgan fingerprint density at radius 1 is 1.21 bits per heavy atom. The standard InChI is InChI=1S/C22H18BrNO4S/c1-28-16-7-4-14(5-8-16)20(25)12-22(27)18-11-15(23)6-9-19(18)24(21(22)26)13-17-3-2-10-29-17/h2-11,27H,12-13H2,1H3/t22-/m0/s1. The SMILES string of the molecule is COc1ccc(C(=O)C[C@@]2(O)C(=O)N(Cc3cccs3)c3ccc(Br)cc32)cc1. The summed E-state index contributed by atoms with van der Waals surface area (Å²) in [5.74, 6) is -0.165. The fraction of sp³-hybridized carbons (Fsp3) is 0.182. The Kier molecular flexibility index (Phi) is 5.29. The van der Waals surface area contributed by atoms with Crippen molar-refractivity contribution in [2.45, 2.75) is 18.6 Å². The van der Waals surface area contributed by atoms with Gasteiger partial charge < -0.3 is 14.7 Å². The number of thiophene rings is 1. The van der Waals surface area contributed by atoms with Gasteiger partial charge >= 0.3 is 0 Å². The molecule has 0 spiro atoms. The highest BCUT2D eigenvalue weighted by molar-refractivity contribution is 9.10. The third kappa shape index (κ3) is 3.61. The number of ether oxygens (including phenoxy) is 1. The average molecular weight is 472 g/mol. The highest BCUT2D eigenvalue weighted by Crippen LogP contribution is 2.45. The van der Waals surface area contributed by atoms with E-state index in [9.17, 15) is 14.7 Å². The predicted molar refractivity (Wildman–Crippen MR) is 115 cm³/mol. The maximum atomic E-state index is 13.3. The van der Waals surface area contributed by atoms with Crippen LogP contribution in [0.2, 0.25) is 0 Å². The van der Waals surface area contributed by atoms with Crippen molar-refractivity contribution >= 4 is 44.6 Å². The van der Waals surface area contributed by atoms with Crippen molar-refractivity contribution in [1.29, 1.82) is 0 Å². The second-order valence-corrected chi connectivity index (χ2v) is 8.77. The Hall–Kier alpha value is -2.48. The van der Waals surface area contributed by atoms with E-state index < -0.39 is 11.5 Å². The summed E-state index contributed by atoms with van der Waals surface area (Å²) in [6.45, 7) is 0.351. The number of methoxy groups -OCH3 is 1. The molecule has 5 nitrogen and oxygen atoms in total. The second kappa shape index (κ2) is 7.74. The van der Waals surface area contributed by atoms with Crippen LogP contribution in [0.25, 0.3) is 0 Å². The summed E-state index contributed by atoms with van der Waals surface area (Å²) in [6.07, 6.45) is -0.331. The van der Waals surface area contributed by atoms with Crippen LogP contribution in [0.4, 0.5) is 5.69 Å². The molecule has 3 aromatic rings. The van der Waals surface area contributed by atoms with Crippen molar-refractivity contribution in [1.82, 2.24) is 0 Å². The number of Topliss-reactive ketones (excluding diaryl/α,β-unsaturated/α-hetero) is 1. The number of rotatable bonds is 6. The molecular weight excluding hydrogens is 454 g/mol. The van der Waals surface area contributed by atoms with Gasteiger partial charge in [0.2, 0.25) is 0 Å². The topological polar surface area (TPSA) is 66.8 Å². The summed E-state index contributed by atoms with van der Waals surface area (Å²) in [6, 6.07) is 15.8. The van der Waals surface area contributed by atoms with Crippen molar-refractivity contribution in [2.75, 3.05) is 12.0 Å². The molecule has 0 saturated carbocycles. The molecule has 0 saturated heterocycles. The van der Waals surface area contributed by atoms with Crippen molar-refractivity contribution < 1.29 is 19.4 Å². The fourth-order valence-corrected chi connectivity index (χ4v) is 4.57. The zero-order chi connectivity index (χ0) is 20.6. The van der Waals surface area contributed by atoms with Crippen LogP contribution >= 0.6 is 27.3 Å². The van der Waals surface area contributed by atoms with Crippen LogP contribution in [0, 0.1) is 0 Å². The Bertz CT molecular complexity index is 1060. The van der Waals surface area contributed by atoms with Gasteiger partial charge in [0.05, 0.1) is 25.8 Å². The first kappa shape index (κ1) is 19.8. The molecule has 1 aliphatic rings. The Labute approximate surface area is 180 Å². The molecule has 1 atom stereocenters. The molecule has 1 aliphatic heterocycles. The van der Waals surface area contributed by atoms with E-state index in [-0.39, 0.29) is 12.2 Å². The predicted octanol–water partition coefficient (Wildman–Crippen LogP) is 4.53. The number of halogens is 1. The van der Waals surface area contributed by atoms with Crippen LogP contribution in [-0.4, -0.2) is 23.9 Å². The lowest BCUT2D eigenvalue weighted by Gasteiger charge is -2.22. The van der Waals surface area contributed by atoms with Gasteiger partial charge in [-0.1, -0.05) is 22.0 Å². The number of amides is 1. The van der Waals surface area contributed by atoms with Crippen LogP contribution < -0.4 is 9.64 Å². The van der Waals surface area contributed by atoms with Crippen LogP contribution in [0.1, 0.15) is 27.2 Å². The molecule has 1 aromatic heterocycles. The van der Waals surface area contributed by atoms with E-state index in [1.807, 2.05) is 23.6 Å². The van der Waals surface area contributed by atoms with E-state index in [0.717, 1.165) is 9.35 Å². The summed E-state index contributed by atoms with van der Waals surface area (Å²) in [4.78, 5) is 28.7. The van der Waals surface area contributed by atoms with Crippen molar-refractivity contribution in [2.24, 2.45) is 0 Å². The van der Waals surface area contributed by atoms with E-state index in [1.165, 1.54) is 0 Å². The lowest BCUT2D eigenvalue weighted by Crippen LogP contribution is -2.41. The molecule has 0 radical (unpaired) electrons. The first-order chi connectivity index (χ1) is 13.9. The zero-order valence-electron chi connectivity index (χ0n) is 15.6. The lowest BCUT2D eigenvalue weighted by atomic mass is 9.88. The fourth-order valence-electron chi connectivity index (χ4n) is 3.52. The largest absolute Gasteiger partial charge is 0.497 e. The summed E-state index contributed by atoms with van der Waals surface area (Å²) >= 11 is 4.95. The smallest absolute Gasteiger partial charge is 0.264 e. The van der Waals surface area contributed by atoms with Gasteiger partial charge in [0, 0.05) is 20.5 Å². The molecule has 29 heavy (non-hydrogen) atoms. The van der Waals surface area contributed by atoms with E-state index in [0.29, 0.717) is 29.1 Å². The van der Waals surface area contributed by atoms with Gasteiger partial charge in [-0.25, -0.2) is 0 Å². The molecular formula is C22H18BrNO4S. The highest BCUT2D eigenvalue weighted by atomic mass is 79.9. The van der Waals surface area contributed by atoms with Gasteiger partial charge in [-0.3, -0.25) is 9.59 Å². The normalized spacial score (nSPS) is 18.0. The van der Waals surface area contributed by atoms with Crippen molar-refractivity contribution in [3.63, 3.8) is 0 Å². The molecule has 2 aromatic carbocycles. The minimum absolute atomic E-state index is 0.313. The number of nitrogens with zero attached hydrogens (tertiary/aromatic N) is 1. The second-order valence-electron chi connectivity index (χ2n) is 6.82. The van der Waals surface area contributed by atoms with Crippen LogP contribution in [-0.2, 0) is 16.9 Å². The molecule has 0 unspecified atom stereocenters. The van der Waals surface area contributed by atoms with Gasteiger partial charge in [-0.2, -0.15) is 0 Å². The number of ketones is 1. The monoisotopic (exact) mass is 471 g/mol. The van der Waals surface area contributed by atoms with Gasteiger partial charge in [-0.15, -0.1) is 11.3 Å². The van der Waals surface area contributed by atoms with Gasteiger partial charge in [0.25, 0.3) is 5.91 Å². The van der Waals surface area contributed by atoms with E-state index >= 15 is 0 Å². The summed E-state index contributed by atoms with van der Waals surface area (Å²) < 4.78 is 5.85. The summed E-state index contributed by atoms with van der Waals surface area (Å²) in [5.41, 5.74) is -0.430. The van der Waals surface area contributed by atoms with E-state index in [4.69, 9.17) is 4.74 Å². The van der Waals surface area contributed by atoms with Crippen LogP contribution in [0.15, 0.2) is 64.5 Å². The Morgan fingerprint density at radius 3 is 2.62 bits per heavy atom. The van der Waals surface area contributed by atoms with E-state index in [1.54, 1.807) is 59.7 Å². The first-order valence-corrected chi connectivity index (χ1v) is 10.6. The highest BCUT2D eigenvalue weighted by Gasteiger charge is 2.51. The van der Waals surface area contributed by atoms with Crippen LogP contribution in [0.5, 0.6) is 5.75 Å². The Balaban J connectivity index is 1.68. The average Bonchev–Trinajstić information content (AvgIpc) is 3.30. The lowest BCUT2D eigenvalue weighted by molar-refractivity contribution is -0.136. The maximum absolute atomic E-state index is 13.3. The zero-order valence-corrected chi connectivity index (χ0v) is 18.0.